The van der Waals surface area contributed by atoms with Gasteiger partial charge in [0.1, 0.15) is 11.6 Å². The predicted octanol–water partition coefficient (Wildman–Crippen LogP) is 3.62. The molecule has 1 aromatic rings. The van der Waals surface area contributed by atoms with Crippen molar-refractivity contribution in [3.63, 3.8) is 0 Å². The Bertz CT molecular complexity index is 579. The molecule has 0 aliphatic carbocycles. The standard InChI is InChI=1S/C20H28F2N2O/c1-15(25)23-12-9-17(10-13-23)24-11-3-4-16(14-24)7-8-18-19(21)5-2-6-20(18)22/h2,5-6,16-17H,3-4,7-14H2,1H3. The first-order valence-corrected chi connectivity index (χ1v) is 9.47. The van der Waals surface area contributed by atoms with Gasteiger partial charge in [-0.2, -0.15) is 0 Å². The molecule has 1 atom stereocenters. The van der Waals surface area contributed by atoms with Crippen LogP contribution in [0.1, 0.15) is 44.6 Å². The quantitative estimate of drug-likeness (QED) is 0.828. The Morgan fingerprint density at radius 1 is 1.12 bits per heavy atom. The van der Waals surface area contributed by atoms with E-state index in [1.807, 2.05) is 4.90 Å². The minimum atomic E-state index is -0.427. The second kappa shape index (κ2) is 8.26. The molecule has 1 amide bonds. The number of halogens is 2. The Morgan fingerprint density at radius 2 is 1.80 bits per heavy atom. The van der Waals surface area contributed by atoms with Crippen molar-refractivity contribution < 1.29 is 13.6 Å². The van der Waals surface area contributed by atoms with E-state index < -0.39 is 11.6 Å². The van der Waals surface area contributed by atoms with Crippen LogP contribution >= 0.6 is 0 Å². The maximum absolute atomic E-state index is 13.8. The van der Waals surface area contributed by atoms with Crippen LogP contribution in [0.15, 0.2) is 18.2 Å². The number of piperidine rings is 2. The maximum atomic E-state index is 13.8. The van der Waals surface area contributed by atoms with E-state index >= 15 is 0 Å². The molecular weight excluding hydrogens is 322 g/mol. The van der Waals surface area contributed by atoms with E-state index in [4.69, 9.17) is 0 Å². The van der Waals surface area contributed by atoms with Crippen LogP contribution in [0.4, 0.5) is 8.78 Å². The molecule has 0 saturated carbocycles. The van der Waals surface area contributed by atoms with Crippen LogP contribution in [-0.4, -0.2) is 47.9 Å². The number of likely N-dealkylation sites (tertiary alicyclic amines) is 2. The summed E-state index contributed by atoms with van der Waals surface area (Å²) < 4.78 is 27.6. The summed E-state index contributed by atoms with van der Waals surface area (Å²) in [6, 6.07) is 4.65. The molecule has 5 heteroatoms. The Balaban J connectivity index is 1.51. The lowest BCUT2D eigenvalue weighted by molar-refractivity contribution is -0.130. The monoisotopic (exact) mass is 350 g/mol. The molecule has 2 aliphatic rings. The molecule has 0 spiro atoms. The average molecular weight is 350 g/mol. The predicted molar refractivity (Wildman–Crippen MR) is 94.3 cm³/mol. The highest BCUT2D eigenvalue weighted by atomic mass is 19.1. The van der Waals surface area contributed by atoms with Crippen molar-refractivity contribution in [2.24, 2.45) is 5.92 Å². The van der Waals surface area contributed by atoms with Crippen LogP contribution in [0.25, 0.3) is 0 Å². The third-order valence-corrected chi connectivity index (χ3v) is 5.84. The molecule has 3 nitrogen and oxygen atoms in total. The van der Waals surface area contributed by atoms with Gasteiger partial charge in [-0.15, -0.1) is 0 Å². The number of carbonyl (C=O) groups excluding carboxylic acids is 1. The zero-order valence-corrected chi connectivity index (χ0v) is 15.0. The van der Waals surface area contributed by atoms with Gasteiger partial charge in [0.2, 0.25) is 5.91 Å². The molecule has 0 aromatic heterocycles. The van der Waals surface area contributed by atoms with Crippen LogP contribution in [0, 0.1) is 17.6 Å². The van der Waals surface area contributed by atoms with Crippen LogP contribution in [0.3, 0.4) is 0 Å². The Kier molecular flexibility index (Phi) is 6.05. The van der Waals surface area contributed by atoms with E-state index in [-0.39, 0.29) is 11.5 Å². The van der Waals surface area contributed by atoms with Crippen molar-refractivity contribution in [1.29, 1.82) is 0 Å². The molecule has 2 heterocycles. The number of amides is 1. The molecule has 1 aromatic carbocycles. The lowest BCUT2D eigenvalue weighted by atomic mass is 9.89. The number of carbonyl (C=O) groups is 1. The van der Waals surface area contributed by atoms with Crippen molar-refractivity contribution >= 4 is 5.91 Å². The summed E-state index contributed by atoms with van der Waals surface area (Å²) >= 11 is 0. The Labute approximate surface area is 149 Å². The second-order valence-corrected chi connectivity index (χ2v) is 7.48. The maximum Gasteiger partial charge on any atom is 0.219 e. The lowest BCUT2D eigenvalue weighted by Gasteiger charge is -2.42. The summed E-state index contributed by atoms with van der Waals surface area (Å²) in [5, 5.41) is 0. The molecular formula is C20H28F2N2O. The van der Waals surface area contributed by atoms with E-state index in [1.54, 1.807) is 6.92 Å². The number of benzene rings is 1. The summed E-state index contributed by atoms with van der Waals surface area (Å²) in [7, 11) is 0. The second-order valence-electron chi connectivity index (χ2n) is 7.48. The van der Waals surface area contributed by atoms with E-state index in [0.29, 0.717) is 18.4 Å². The zero-order chi connectivity index (χ0) is 17.8. The van der Waals surface area contributed by atoms with Gasteiger partial charge >= 0.3 is 0 Å². The molecule has 0 N–H and O–H groups in total. The number of rotatable bonds is 4. The van der Waals surface area contributed by atoms with Gasteiger partial charge < -0.3 is 4.90 Å². The van der Waals surface area contributed by atoms with Gasteiger partial charge in [-0.05, 0) is 63.1 Å². The van der Waals surface area contributed by atoms with Gasteiger partial charge in [0.15, 0.2) is 0 Å². The van der Waals surface area contributed by atoms with Crippen molar-refractivity contribution in [2.75, 3.05) is 26.2 Å². The third kappa shape index (κ3) is 4.57. The summed E-state index contributed by atoms with van der Waals surface area (Å²) in [4.78, 5) is 15.9. The fourth-order valence-corrected chi connectivity index (χ4v) is 4.33. The average Bonchev–Trinajstić information content (AvgIpc) is 2.62. The fourth-order valence-electron chi connectivity index (χ4n) is 4.33. The van der Waals surface area contributed by atoms with Gasteiger partial charge in [0.25, 0.3) is 0 Å². The Hall–Kier alpha value is -1.49. The van der Waals surface area contributed by atoms with Gasteiger partial charge in [-0.3, -0.25) is 9.69 Å². The van der Waals surface area contributed by atoms with Crippen LogP contribution in [0.5, 0.6) is 0 Å². The summed E-state index contributed by atoms with van der Waals surface area (Å²) in [6.45, 7) is 5.46. The highest BCUT2D eigenvalue weighted by Gasteiger charge is 2.29. The third-order valence-electron chi connectivity index (χ3n) is 5.84. The van der Waals surface area contributed by atoms with Crippen molar-refractivity contribution in [1.82, 2.24) is 9.80 Å². The van der Waals surface area contributed by atoms with Crippen molar-refractivity contribution in [3.8, 4) is 0 Å². The van der Waals surface area contributed by atoms with Crippen molar-refractivity contribution in [2.45, 2.75) is 51.5 Å². The molecule has 0 bridgehead atoms. The topological polar surface area (TPSA) is 23.6 Å². The van der Waals surface area contributed by atoms with Gasteiger partial charge in [0, 0.05) is 38.2 Å². The summed E-state index contributed by atoms with van der Waals surface area (Å²) in [6.07, 6.45) is 5.67. The van der Waals surface area contributed by atoms with E-state index in [2.05, 4.69) is 4.90 Å². The fraction of sp³-hybridized carbons (Fsp3) is 0.650. The lowest BCUT2D eigenvalue weighted by Crippen LogP contribution is -2.49. The van der Waals surface area contributed by atoms with E-state index in [9.17, 15) is 13.6 Å². The minimum absolute atomic E-state index is 0.168. The summed E-state index contributed by atoms with van der Waals surface area (Å²) in [5.74, 6) is -0.186. The first kappa shape index (κ1) is 18.3. The van der Waals surface area contributed by atoms with Crippen LogP contribution in [0.2, 0.25) is 0 Å². The number of hydrogen-bond acceptors (Lipinski definition) is 2. The van der Waals surface area contributed by atoms with E-state index in [1.165, 1.54) is 18.2 Å². The zero-order valence-electron chi connectivity index (χ0n) is 15.0. The molecule has 2 aliphatic heterocycles. The molecule has 2 fully saturated rings. The molecule has 0 radical (unpaired) electrons. The Morgan fingerprint density at radius 3 is 2.44 bits per heavy atom. The largest absolute Gasteiger partial charge is 0.343 e. The van der Waals surface area contributed by atoms with Crippen LogP contribution in [-0.2, 0) is 11.2 Å². The highest BCUT2D eigenvalue weighted by Crippen LogP contribution is 2.27. The molecule has 2 saturated heterocycles. The number of nitrogens with zero attached hydrogens (tertiary/aromatic N) is 2. The molecule has 1 unspecified atom stereocenters. The first-order chi connectivity index (χ1) is 12.0. The SMILES string of the molecule is CC(=O)N1CCC(N2CCCC(CCc3c(F)cccc3F)C2)CC1. The normalized spacial score (nSPS) is 23.0. The molecule has 3 rings (SSSR count). The van der Waals surface area contributed by atoms with Gasteiger partial charge in [0.05, 0.1) is 0 Å². The van der Waals surface area contributed by atoms with Crippen LogP contribution < -0.4 is 0 Å². The molecule has 25 heavy (non-hydrogen) atoms. The van der Waals surface area contributed by atoms with Crippen molar-refractivity contribution in [3.05, 3.63) is 35.4 Å². The smallest absolute Gasteiger partial charge is 0.219 e. The van der Waals surface area contributed by atoms with E-state index in [0.717, 1.165) is 58.3 Å². The number of hydrogen-bond donors (Lipinski definition) is 0. The van der Waals surface area contributed by atoms with Gasteiger partial charge in [-0.25, -0.2) is 8.78 Å². The first-order valence-electron chi connectivity index (χ1n) is 9.47. The molecule has 138 valence electrons. The minimum Gasteiger partial charge on any atom is -0.343 e. The highest BCUT2D eigenvalue weighted by molar-refractivity contribution is 5.73. The van der Waals surface area contributed by atoms with Gasteiger partial charge in [-0.1, -0.05) is 6.07 Å². The summed E-state index contributed by atoms with van der Waals surface area (Å²) in [5.41, 5.74) is 0.231.